The van der Waals surface area contributed by atoms with Crippen molar-refractivity contribution in [2.45, 2.75) is 16.7 Å². The maximum atomic E-state index is 10.4. The molecule has 0 N–H and O–H groups in total. The minimum Gasteiger partial charge on any atom is -0.744 e. The second-order valence-electron chi connectivity index (χ2n) is 4.03. The summed E-state index contributed by atoms with van der Waals surface area (Å²) in [5.74, 6) is 0. The van der Waals surface area contributed by atoms with Crippen molar-refractivity contribution >= 4 is 20.2 Å². The van der Waals surface area contributed by atoms with Crippen LogP contribution in [-0.4, -0.2) is 25.9 Å². The molecule has 0 aliphatic rings. The van der Waals surface area contributed by atoms with Crippen LogP contribution in [0.5, 0.6) is 0 Å². The van der Waals surface area contributed by atoms with Gasteiger partial charge in [-0.2, -0.15) is 0 Å². The van der Waals surface area contributed by atoms with Crippen molar-refractivity contribution < 1.29 is 85.1 Å². The Hall–Kier alpha value is 0.260. The Morgan fingerprint density at radius 2 is 1.00 bits per heavy atom. The van der Waals surface area contributed by atoms with Gasteiger partial charge in [0.2, 0.25) is 0 Å². The van der Waals surface area contributed by atoms with E-state index in [0.717, 1.165) is 5.56 Å². The maximum absolute atomic E-state index is 10.4. The van der Waals surface area contributed by atoms with Gasteiger partial charge in [-0.1, -0.05) is 35.9 Å². The fourth-order valence-electron chi connectivity index (χ4n) is 1.29. The Labute approximate surface area is 180 Å². The SMILES string of the molecule is Cc1ccc(S(=O)(=O)[O-])cc1.O=S(=O)([O-])c1ccccc1.[Na+].[Na+]. The van der Waals surface area contributed by atoms with Gasteiger partial charge in [-0.05, 0) is 31.2 Å². The van der Waals surface area contributed by atoms with Gasteiger partial charge in [0.25, 0.3) is 0 Å². The average molecular weight is 374 g/mol. The molecule has 0 aromatic heterocycles. The first-order valence-electron chi connectivity index (χ1n) is 5.64. The predicted octanol–water partition coefficient (Wildman–Crippen LogP) is -4.50. The number of aryl methyl sites for hydroxylation is 1. The van der Waals surface area contributed by atoms with Crippen LogP contribution in [0.25, 0.3) is 0 Å². The van der Waals surface area contributed by atoms with Crippen molar-refractivity contribution in [3.05, 3.63) is 60.2 Å². The fraction of sp³-hybridized carbons (Fsp3) is 0.0769. The van der Waals surface area contributed by atoms with Crippen molar-refractivity contribution in [2.24, 2.45) is 0 Å². The van der Waals surface area contributed by atoms with E-state index in [0.29, 0.717) is 0 Å². The van der Waals surface area contributed by atoms with E-state index in [1.165, 1.54) is 36.4 Å². The van der Waals surface area contributed by atoms with Crippen molar-refractivity contribution in [3.63, 3.8) is 0 Å². The zero-order chi connectivity index (χ0) is 16.1. The second-order valence-corrected chi connectivity index (χ2v) is 6.79. The normalized spacial score (nSPS) is 10.4. The third-order valence-electron chi connectivity index (χ3n) is 2.34. The van der Waals surface area contributed by atoms with Gasteiger partial charge in [0.05, 0.1) is 9.79 Å². The summed E-state index contributed by atoms with van der Waals surface area (Å²) in [4.78, 5) is -0.363. The fourth-order valence-corrected chi connectivity index (χ4v) is 2.25. The number of rotatable bonds is 2. The smallest absolute Gasteiger partial charge is 0.744 e. The quantitative estimate of drug-likeness (QED) is 0.387. The molecule has 2 aromatic rings. The summed E-state index contributed by atoms with van der Waals surface area (Å²) in [7, 11) is -8.52. The minimum absolute atomic E-state index is 0. The topological polar surface area (TPSA) is 114 Å². The van der Waals surface area contributed by atoms with Crippen LogP contribution in [0.2, 0.25) is 0 Å². The van der Waals surface area contributed by atoms with E-state index in [1.807, 2.05) is 6.92 Å². The Bertz CT molecular complexity index is 788. The zero-order valence-corrected chi connectivity index (χ0v) is 18.6. The minimum atomic E-state index is -4.27. The summed E-state index contributed by atoms with van der Waals surface area (Å²) in [6, 6.07) is 13.0. The van der Waals surface area contributed by atoms with Crippen LogP contribution in [0.1, 0.15) is 5.56 Å². The van der Waals surface area contributed by atoms with Crippen LogP contribution < -0.4 is 59.1 Å². The molecule has 0 spiro atoms. The zero-order valence-electron chi connectivity index (χ0n) is 13.0. The van der Waals surface area contributed by atoms with E-state index in [4.69, 9.17) is 0 Å². The first kappa shape index (κ1) is 25.5. The van der Waals surface area contributed by atoms with E-state index in [9.17, 15) is 25.9 Å². The molecule has 2 rings (SSSR count). The third kappa shape index (κ3) is 9.98. The van der Waals surface area contributed by atoms with Crippen LogP contribution in [0.4, 0.5) is 0 Å². The van der Waals surface area contributed by atoms with Crippen LogP contribution >= 0.6 is 0 Å². The average Bonchev–Trinajstić information content (AvgIpc) is 2.39. The van der Waals surface area contributed by atoms with Gasteiger partial charge in [-0.15, -0.1) is 0 Å². The van der Waals surface area contributed by atoms with E-state index in [2.05, 4.69) is 0 Å². The van der Waals surface area contributed by atoms with Gasteiger partial charge >= 0.3 is 59.1 Å². The first-order valence-corrected chi connectivity index (χ1v) is 8.46. The van der Waals surface area contributed by atoms with Gasteiger partial charge in [0.15, 0.2) is 0 Å². The molecule has 0 radical (unpaired) electrons. The molecule has 0 fully saturated rings. The summed E-state index contributed by atoms with van der Waals surface area (Å²) >= 11 is 0. The molecule has 0 aliphatic carbocycles. The summed E-state index contributed by atoms with van der Waals surface area (Å²) in [6.07, 6.45) is 0. The van der Waals surface area contributed by atoms with Gasteiger partial charge in [0, 0.05) is 0 Å². The van der Waals surface area contributed by atoms with Gasteiger partial charge in [-0.25, -0.2) is 16.8 Å². The second kappa shape index (κ2) is 11.0. The largest absolute Gasteiger partial charge is 1.00 e. The van der Waals surface area contributed by atoms with Gasteiger partial charge < -0.3 is 9.11 Å². The molecule has 6 nitrogen and oxygen atoms in total. The standard InChI is InChI=1S/C7H8O3S.C6H6O3S.2Na/c1-6-2-4-7(5-3-6)11(8,9)10;7-10(8,9)6-4-2-1-3-5-6;;/h2-5H,1H3,(H,8,9,10);1-5H,(H,7,8,9);;/q;;2*+1/p-2. The molecule has 0 bridgehead atoms. The molecule has 0 aliphatic heterocycles. The van der Waals surface area contributed by atoms with Crippen LogP contribution in [0.15, 0.2) is 64.4 Å². The summed E-state index contributed by atoms with van der Waals surface area (Å²) in [5.41, 5.74) is 0.928. The van der Waals surface area contributed by atoms with E-state index in [-0.39, 0.29) is 68.9 Å². The molecule has 0 heterocycles. The third-order valence-corrected chi connectivity index (χ3v) is 4.04. The van der Waals surface area contributed by atoms with Crippen molar-refractivity contribution in [3.8, 4) is 0 Å². The molecule has 0 amide bonds. The van der Waals surface area contributed by atoms with Crippen LogP contribution in [0, 0.1) is 6.92 Å². The molecule has 0 saturated carbocycles. The predicted molar refractivity (Wildman–Crippen MR) is 73.5 cm³/mol. The number of hydrogen-bond acceptors (Lipinski definition) is 6. The molecule has 2 aromatic carbocycles. The van der Waals surface area contributed by atoms with Gasteiger partial charge in [0.1, 0.15) is 20.2 Å². The summed E-state index contributed by atoms with van der Waals surface area (Å²) in [6.45, 7) is 1.82. The molecule has 0 unspecified atom stereocenters. The van der Waals surface area contributed by atoms with E-state index < -0.39 is 20.2 Å². The van der Waals surface area contributed by atoms with E-state index >= 15 is 0 Å². The van der Waals surface area contributed by atoms with Crippen LogP contribution in [0.3, 0.4) is 0 Å². The molecule has 0 saturated heterocycles. The molecule has 23 heavy (non-hydrogen) atoms. The summed E-state index contributed by atoms with van der Waals surface area (Å²) < 4.78 is 62.0. The summed E-state index contributed by atoms with van der Waals surface area (Å²) in [5, 5.41) is 0. The maximum Gasteiger partial charge on any atom is 1.00 e. The number of benzene rings is 2. The van der Waals surface area contributed by atoms with Gasteiger partial charge in [-0.3, -0.25) is 0 Å². The Morgan fingerprint density at radius 3 is 1.30 bits per heavy atom. The Balaban J connectivity index is 0. The molecular weight excluding hydrogens is 362 g/mol. The molecule has 114 valence electrons. The monoisotopic (exact) mass is 374 g/mol. The molecule has 0 atom stereocenters. The Kier molecular flexibility index (Phi) is 12.2. The van der Waals surface area contributed by atoms with Crippen molar-refractivity contribution in [2.75, 3.05) is 0 Å². The first-order chi connectivity index (χ1) is 9.60. The van der Waals surface area contributed by atoms with Crippen LogP contribution in [-0.2, 0) is 20.2 Å². The van der Waals surface area contributed by atoms with Crippen molar-refractivity contribution in [1.29, 1.82) is 0 Å². The van der Waals surface area contributed by atoms with Crippen molar-refractivity contribution in [1.82, 2.24) is 0 Å². The van der Waals surface area contributed by atoms with E-state index in [1.54, 1.807) is 18.2 Å². The number of hydrogen-bond donors (Lipinski definition) is 0. The molecular formula is C13H12Na2O6S2. The Morgan fingerprint density at radius 1 is 0.652 bits per heavy atom. The molecule has 10 heteroatoms.